The maximum Gasteiger partial charge on any atom is 0.258 e. The number of halogens is 1. The summed E-state index contributed by atoms with van der Waals surface area (Å²) in [5.41, 5.74) is 0.507. The van der Waals surface area contributed by atoms with Crippen molar-refractivity contribution in [1.82, 2.24) is 15.3 Å². The van der Waals surface area contributed by atoms with Gasteiger partial charge >= 0.3 is 0 Å². The second kappa shape index (κ2) is 7.11. The molecule has 20 heavy (non-hydrogen) atoms. The number of benzene rings is 1. The van der Waals surface area contributed by atoms with Crippen molar-refractivity contribution in [2.24, 2.45) is 0 Å². The standard InChI is InChI=1S/C14H18ClN3OS/c1-3-20-8-9(2)16-7-13-17-12-6-10(15)4-5-11(12)14(19)18-13/h4-6,9,16H,3,7-8H2,1-2H3,(H,17,18,19). The van der Waals surface area contributed by atoms with Crippen LogP contribution in [0.4, 0.5) is 0 Å². The van der Waals surface area contributed by atoms with E-state index < -0.39 is 0 Å². The Morgan fingerprint density at radius 2 is 2.30 bits per heavy atom. The van der Waals surface area contributed by atoms with E-state index in [2.05, 4.69) is 29.1 Å². The number of nitrogens with zero attached hydrogens (tertiary/aromatic N) is 1. The second-order valence-electron chi connectivity index (χ2n) is 4.62. The molecule has 1 aromatic carbocycles. The van der Waals surface area contributed by atoms with Crippen molar-refractivity contribution in [3.8, 4) is 0 Å². The van der Waals surface area contributed by atoms with Crippen LogP contribution in [0.2, 0.25) is 5.02 Å². The summed E-state index contributed by atoms with van der Waals surface area (Å²) in [5, 5.41) is 4.50. The molecular formula is C14H18ClN3OS. The summed E-state index contributed by atoms with van der Waals surface area (Å²) in [6, 6.07) is 5.48. The van der Waals surface area contributed by atoms with E-state index in [9.17, 15) is 4.79 Å². The first-order valence-corrected chi connectivity index (χ1v) is 8.13. The molecule has 6 heteroatoms. The maximum absolute atomic E-state index is 12.0. The fourth-order valence-corrected chi connectivity index (χ4v) is 2.74. The van der Waals surface area contributed by atoms with Gasteiger partial charge in [0.05, 0.1) is 17.4 Å². The second-order valence-corrected chi connectivity index (χ2v) is 6.37. The zero-order valence-corrected chi connectivity index (χ0v) is 13.1. The third-order valence-electron chi connectivity index (χ3n) is 2.91. The lowest BCUT2D eigenvalue weighted by Gasteiger charge is -2.12. The van der Waals surface area contributed by atoms with Crippen LogP contribution in [0.25, 0.3) is 10.9 Å². The average molecular weight is 312 g/mol. The summed E-state index contributed by atoms with van der Waals surface area (Å²) in [4.78, 5) is 19.2. The summed E-state index contributed by atoms with van der Waals surface area (Å²) in [7, 11) is 0. The molecule has 0 saturated carbocycles. The molecule has 4 nitrogen and oxygen atoms in total. The van der Waals surface area contributed by atoms with Crippen LogP contribution in [0.3, 0.4) is 0 Å². The van der Waals surface area contributed by atoms with E-state index in [1.807, 2.05) is 11.8 Å². The van der Waals surface area contributed by atoms with Gasteiger partial charge in [-0.3, -0.25) is 4.79 Å². The molecule has 0 amide bonds. The molecule has 0 aliphatic heterocycles. The molecule has 1 aromatic heterocycles. The van der Waals surface area contributed by atoms with Crippen LogP contribution in [0.1, 0.15) is 19.7 Å². The average Bonchev–Trinajstić information content (AvgIpc) is 2.42. The van der Waals surface area contributed by atoms with Gasteiger partial charge in [-0.15, -0.1) is 0 Å². The molecular weight excluding hydrogens is 294 g/mol. The normalized spacial score (nSPS) is 12.8. The van der Waals surface area contributed by atoms with Gasteiger partial charge in [0.2, 0.25) is 0 Å². The SMILES string of the molecule is CCSCC(C)NCc1nc2cc(Cl)ccc2c(=O)[nH]1. The molecule has 0 fully saturated rings. The van der Waals surface area contributed by atoms with Crippen LogP contribution in [0.5, 0.6) is 0 Å². The van der Waals surface area contributed by atoms with Crippen molar-refractivity contribution in [1.29, 1.82) is 0 Å². The summed E-state index contributed by atoms with van der Waals surface area (Å²) in [6.07, 6.45) is 0. The van der Waals surface area contributed by atoms with Crippen molar-refractivity contribution >= 4 is 34.3 Å². The number of fused-ring (bicyclic) bond motifs is 1. The summed E-state index contributed by atoms with van der Waals surface area (Å²) in [6.45, 7) is 4.81. The van der Waals surface area contributed by atoms with E-state index >= 15 is 0 Å². The lowest BCUT2D eigenvalue weighted by molar-refractivity contribution is 0.579. The first kappa shape index (κ1) is 15.4. The third kappa shape index (κ3) is 3.98. The zero-order valence-electron chi connectivity index (χ0n) is 11.6. The Bertz CT molecular complexity index is 644. The highest BCUT2D eigenvalue weighted by molar-refractivity contribution is 7.99. The van der Waals surface area contributed by atoms with Gasteiger partial charge < -0.3 is 10.3 Å². The van der Waals surface area contributed by atoms with E-state index in [0.717, 1.165) is 11.5 Å². The molecule has 0 radical (unpaired) electrons. The Hall–Kier alpha value is -1.04. The lowest BCUT2D eigenvalue weighted by atomic mass is 10.2. The van der Waals surface area contributed by atoms with Crippen molar-refractivity contribution in [2.45, 2.75) is 26.4 Å². The number of nitrogens with one attached hydrogen (secondary N) is 2. The van der Waals surface area contributed by atoms with Crippen molar-refractivity contribution in [2.75, 3.05) is 11.5 Å². The quantitative estimate of drug-likeness (QED) is 0.861. The highest BCUT2D eigenvalue weighted by Gasteiger charge is 2.06. The minimum atomic E-state index is -0.126. The van der Waals surface area contributed by atoms with Crippen LogP contribution >= 0.6 is 23.4 Å². The number of aromatic nitrogens is 2. The summed E-state index contributed by atoms with van der Waals surface area (Å²) >= 11 is 7.82. The van der Waals surface area contributed by atoms with E-state index in [4.69, 9.17) is 11.6 Å². The molecule has 2 aromatic rings. The Labute approximate surface area is 127 Å². The largest absolute Gasteiger partial charge is 0.309 e. The van der Waals surface area contributed by atoms with Gasteiger partial charge in [0, 0.05) is 16.8 Å². The van der Waals surface area contributed by atoms with Gasteiger partial charge in [0.15, 0.2) is 0 Å². The Morgan fingerprint density at radius 3 is 3.05 bits per heavy atom. The zero-order chi connectivity index (χ0) is 14.5. The number of hydrogen-bond donors (Lipinski definition) is 2. The van der Waals surface area contributed by atoms with E-state index in [1.54, 1.807) is 18.2 Å². The minimum absolute atomic E-state index is 0.126. The predicted molar refractivity (Wildman–Crippen MR) is 86.7 cm³/mol. The van der Waals surface area contributed by atoms with Crippen LogP contribution in [0, 0.1) is 0 Å². The lowest BCUT2D eigenvalue weighted by Crippen LogP contribution is -2.29. The highest BCUT2D eigenvalue weighted by Crippen LogP contribution is 2.14. The molecule has 0 saturated heterocycles. The fourth-order valence-electron chi connectivity index (χ4n) is 1.87. The smallest absolute Gasteiger partial charge is 0.258 e. The topological polar surface area (TPSA) is 57.8 Å². The maximum atomic E-state index is 12.0. The molecule has 1 heterocycles. The molecule has 1 atom stereocenters. The monoisotopic (exact) mass is 311 g/mol. The fraction of sp³-hybridized carbons (Fsp3) is 0.429. The van der Waals surface area contributed by atoms with E-state index in [-0.39, 0.29) is 5.56 Å². The number of aromatic amines is 1. The third-order valence-corrected chi connectivity index (χ3v) is 4.29. The molecule has 0 bridgehead atoms. The number of hydrogen-bond acceptors (Lipinski definition) is 4. The van der Waals surface area contributed by atoms with Gasteiger partial charge in [0.25, 0.3) is 5.56 Å². The summed E-state index contributed by atoms with van der Waals surface area (Å²) < 4.78 is 0. The van der Waals surface area contributed by atoms with Crippen molar-refractivity contribution < 1.29 is 0 Å². The Kier molecular flexibility index (Phi) is 5.46. The van der Waals surface area contributed by atoms with Crippen molar-refractivity contribution in [3.05, 3.63) is 39.4 Å². The Morgan fingerprint density at radius 1 is 1.50 bits per heavy atom. The number of H-pyrrole nitrogens is 1. The molecule has 1 unspecified atom stereocenters. The van der Waals surface area contributed by atoms with E-state index in [1.165, 1.54) is 0 Å². The predicted octanol–water partition coefficient (Wildman–Crippen LogP) is 2.81. The van der Waals surface area contributed by atoms with Gasteiger partial charge in [0.1, 0.15) is 5.82 Å². The Balaban J connectivity index is 2.13. The van der Waals surface area contributed by atoms with Gasteiger partial charge in [-0.25, -0.2) is 4.98 Å². The van der Waals surface area contributed by atoms with Crippen LogP contribution in [-0.4, -0.2) is 27.5 Å². The van der Waals surface area contributed by atoms with Crippen LogP contribution in [-0.2, 0) is 6.54 Å². The molecule has 0 aliphatic carbocycles. The first-order valence-electron chi connectivity index (χ1n) is 6.59. The van der Waals surface area contributed by atoms with Crippen LogP contribution in [0.15, 0.2) is 23.0 Å². The van der Waals surface area contributed by atoms with E-state index in [0.29, 0.717) is 34.3 Å². The molecule has 0 spiro atoms. The minimum Gasteiger partial charge on any atom is -0.309 e. The highest BCUT2D eigenvalue weighted by atomic mass is 35.5. The molecule has 2 rings (SSSR count). The van der Waals surface area contributed by atoms with Gasteiger partial charge in [-0.05, 0) is 30.9 Å². The first-order chi connectivity index (χ1) is 9.60. The van der Waals surface area contributed by atoms with Crippen molar-refractivity contribution in [3.63, 3.8) is 0 Å². The summed E-state index contributed by atoms with van der Waals surface area (Å²) in [5.74, 6) is 2.79. The number of rotatable bonds is 6. The molecule has 108 valence electrons. The van der Waals surface area contributed by atoms with Gasteiger partial charge in [-0.1, -0.05) is 18.5 Å². The van der Waals surface area contributed by atoms with Crippen LogP contribution < -0.4 is 10.9 Å². The van der Waals surface area contributed by atoms with Gasteiger partial charge in [-0.2, -0.15) is 11.8 Å². The molecule has 2 N–H and O–H groups in total. The molecule has 0 aliphatic rings. The number of thioether (sulfide) groups is 1.